The summed E-state index contributed by atoms with van der Waals surface area (Å²) in [6, 6.07) is 6.78. The Morgan fingerprint density at radius 3 is 2.62 bits per heavy atom. The molecule has 6 nitrogen and oxygen atoms in total. The van der Waals surface area contributed by atoms with Crippen molar-refractivity contribution >= 4 is 5.97 Å². The highest BCUT2D eigenvalue weighted by atomic mass is 16.5. The van der Waals surface area contributed by atoms with Crippen molar-refractivity contribution in [2.45, 2.75) is 70.3 Å². The van der Waals surface area contributed by atoms with Gasteiger partial charge >= 0.3 is 11.7 Å². The Morgan fingerprint density at radius 1 is 1.16 bits per heavy atom. The van der Waals surface area contributed by atoms with Crippen LogP contribution in [0.1, 0.15) is 69.5 Å². The zero-order valence-corrected chi connectivity index (χ0v) is 20.0. The van der Waals surface area contributed by atoms with Crippen molar-refractivity contribution in [2.24, 2.45) is 5.92 Å². The summed E-state index contributed by atoms with van der Waals surface area (Å²) in [4.78, 5) is 27.1. The van der Waals surface area contributed by atoms with E-state index in [0.29, 0.717) is 12.3 Å². The molecule has 2 heterocycles. The van der Waals surface area contributed by atoms with Crippen LogP contribution >= 0.6 is 0 Å². The quantitative estimate of drug-likeness (QED) is 0.659. The summed E-state index contributed by atoms with van der Waals surface area (Å²) in [5, 5.41) is 0. The third-order valence-electron chi connectivity index (χ3n) is 7.52. The number of nitrogens with zero attached hydrogens (tertiary/aromatic N) is 3. The van der Waals surface area contributed by atoms with Gasteiger partial charge in [-0.1, -0.05) is 19.9 Å². The van der Waals surface area contributed by atoms with E-state index in [0.717, 1.165) is 57.3 Å². The fourth-order valence-corrected chi connectivity index (χ4v) is 5.75. The molecule has 0 unspecified atom stereocenters. The summed E-state index contributed by atoms with van der Waals surface area (Å²) in [5.41, 5.74) is 3.85. The molecular formula is C26H37N3O3. The second-order valence-electron chi connectivity index (χ2n) is 10.4. The average Bonchev–Trinajstić information content (AvgIpc) is 3.11. The summed E-state index contributed by atoms with van der Waals surface area (Å²) in [5.74, 6) is 0.422. The number of imidazole rings is 1. The van der Waals surface area contributed by atoms with Crippen LogP contribution in [0.15, 0.2) is 35.4 Å². The minimum atomic E-state index is -0.129. The molecule has 2 aliphatic rings. The van der Waals surface area contributed by atoms with Gasteiger partial charge in [-0.05, 0) is 74.8 Å². The van der Waals surface area contributed by atoms with E-state index < -0.39 is 0 Å². The molecule has 1 aromatic heterocycles. The van der Waals surface area contributed by atoms with E-state index in [4.69, 9.17) is 4.74 Å². The lowest BCUT2D eigenvalue weighted by Gasteiger charge is -2.29. The molecule has 32 heavy (non-hydrogen) atoms. The van der Waals surface area contributed by atoms with Crippen LogP contribution in [0.4, 0.5) is 0 Å². The predicted octanol–water partition coefficient (Wildman–Crippen LogP) is 4.09. The number of fused-ring (bicyclic) bond motifs is 1. The fourth-order valence-electron chi connectivity index (χ4n) is 5.75. The summed E-state index contributed by atoms with van der Waals surface area (Å²) >= 11 is 0. The van der Waals surface area contributed by atoms with Crippen LogP contribution in [-0.2, 0) is 21.4 Å². The topological polar surface area (TPSA) is 56.5 Å². The van der Waals surface area contributed by atoms with Crippen molar-refractivity contribution in [2.75, 3.05) is 27.2 Å². The number of aromatic nitrogens is 2. The van der Waals surface area contributed by atoms with Crippen LogP contribution in [0.25, 0.3) is 5.69 Å². The Balaban J connectivity index is 1.49. The molecule has 0 atom stereocenters. The number of carbonyl (C=O) groups is 1. The second kappa shape index (κ2) is 9.26. The van der Waals surface area contributed by atoms with E-state index in [9.17, 15) is 9.59 Å². The van der Waals surface area contributed by atoms with E-state index >= 15 is 0 Å². The standard InChI is InChI=1S/C26H37N3O3/c1-26(2)18-27(3)14-13-20-17-22(10-11-23(20)26)29-16-15-28(25(29)31)21-8-5-19(6-9-21)7-12-24(30)32-4/h10-11,15-17,19,21H,5-9,12-14,18H2,1-4H3/t19-,21-. The highest BCUT2D eigenvalue weighted by Crippen LogP contribution is 2.34. The van der Waals surface area contributed by atoms with Gasteiger partial charge in [0.15, 0.2) is 0 Å². The number of hydrogen-bond donors (Lipinski definition) is 0. The number of likely N-dealkylation sites (N-methyl/N-ethyl adjacent to an activating group) is 1. The number of esters is 1. The number of carbonyl (C=O) groups excluding carboxylic acids is 1. The molecule has 1 aromatic carbocycles. The first kappa shape index (κ1) is 22.8. The third kappa shape index (κ3) is 4.70. The minimum Gasteiger partial charge on any atom is -0.469 e. The lowest BCUT2D eigenvalue weighted by molar-refractivity contribution is -0.141. The molecule has 4 rings (SSSR count). The Hall–Kier alpha value is -2.34. The lowest BCUT2D eigenvalue weighted by atomic mass is 9.81. The fraction of sp³-hybridized carbons (Fsp3) is 0.615. The lowest BCUT2D eigenvalue weighted by Crippen LogP contribution is -2.33. The summed E-state index contributed by atoms with van der Waals surface area (Å²) in [6.45, 7) is 6.68. The van der Waals surface area contributed by atoms with Crippen molar-refractivity contribution in [1.82, 2.24) is 14.0 Å². The number of benzene rings is 1. The number of methoxy groups -OCH3 is 1. The molecule has 1 fully saturated rings. The van der Waals surface area contributed by atoms with Gasteiger partial charge in [0.05, 0.1) is 12.8 Å². The maximum Gasteiger partial charge on any atom is 0.332 e. The minimum absolute atomic E-state index is 0.0490. The molecule has 0 bridgehead atoms. The van der Waals surface area contributed by atoms with Crippen molar-refractivity contribution in [1.29, 1.82) is 0 Å². The smallest absolute Gasteiger partial charge is 0.332 e. The van der Waals surface area contributed by atoms with Crippen LogP contribution in [0.2, 0.25) is 0 Å². The molecule has 1 saturated carbocycles. The van der Waals surface area contributed by atoms with E-state index in [-0.39, 0.29) is 23.1 Å². The van der Waals surface area contributed by atoms with Crippen molar-refractivity contribution in [3.05, 3.63) is 52.2 Å². The maximum absolute atomic E-state index is 13.3. The van der Waals surface area contributed by atoms with Gasteiger partial charge in [-0.25, -0.2) is 4.79 Å². The molecule has 6 heteroatoms. The monoisotopic (exact) mass is 439 g/mol. The first-order valence-corrected chi connectivity index (χ1v) is 12.0. The van der Waals surface area contributed by atoms with Gasteiger partial charge in [0.25, 0.3) is 0 Å². The Labute approximate surface area is 191 Å². The number of ether oxygens (including phenoxy) is 1. The first-order valence-electron chi connectivity index (χ1n) is 12.0. The zero-order valence-electron chi connectivity index (χ0n) is 20.0. The molecular weight excluding hydrogens is 402 g/mol. The van der Waals surface area contributed by atoms with E-state index in [2.05, 4.69) is 44.0 Å². The molecule has 0 amide bonds. The second-order valence-corrected chi connectivity index (χ2v) is 10.4. The molecule has 1 aliphatic heterocycles. The van der Waals surface area contributed by atoms with Crippen molar-refractivity contribution in [3.63, 3.8) is 0 Å². The molecule has 2 aromatic rings. The largest absolute Gasteiger partial charge is 0.469 e. The van der Waals surface area contributed by atoms with Crippen LogP contribution in [0.5, 0.6) is 0 Å². The summed E-state index contributed by atoms with van der Waals surface area (Å²) < 4.78 is 8.47. The van der Waals surface area contributed by atoms with Gasteiger partial charge < -0.3 is 9.64 Å². The Bertz CT molecular complexity index is 1010. The van der Waals surface area contributed by atoms with Gasteiger partial charge in [-0.2, -0.15) is 0 Å². The normalized spacial score (nSPS) is 23.4. The predicted molar refractivity (Wildman–Crippen MR) is 127 cm³/mol. The van der Waals surface area contributed by atoms with Crippen molar-refractivity contribution in [3.8, 4) is 5.69 Å². The highest BCUT2D eigenvalue weighted by molar-refractivity contribution is 5.69. The Kier molecular flexibility index (Phi) is 6.61. The van der Waals surface area contributed by atoms with E-state index in [1.807, 2.05) is 17.0 Å². The molecule has 0 saturated heterocycles. The highest BCUT2D eigenvalue weighted by Gasteiger charge is 2.29. The molecule has 0 spiro atoms. The van der Waals surface area contributed by atoms with Gasteiger partial charge in [-0.15, -0.1) is 0 Å². The van der Waals surface area contributed by atoms with Gasteiger partial charge in [0.1, 0.15) is 0 Å². The van der Waals surface area contributed by atoms with Crippen LogP contribution in [0.3, 0.4) is 0 Å². The molecule has 0 N–H and O–H groups in total. The maximum atomic E-state index is 13.3. The van der Waals surface area contributed by atoms with Gasteiger partial charge in [0.2, 0.25) is 0 Å². The number of rotatable bonds is 5. The van der Waals surface area contributed by atoms with E-state index in [1.165, 1.54) is 18.2 Å². The molecule has 174 valence electrons. The summed E-state index contributed by atoms with van der Waals surface area (Å²) in [7, 11) is 3.63. The summed E-state index contributed by atoms with van der Waals surface area (Å²) in [6.07, 6.45) is 10.3. The van der Waals surface area contributed by atoms with Crippen LogP contribution in [0, 0.1) is 5.92 Å². The van der Waals surface area contributed by atoms with Gasteiger partial charge in [0, 0.05) is 43.4 Å². The SMILES string of the molecule is COC(=O)CC[C@H]1CC[C@H](n2ccn(-c3ccc4c(c3)CCN(C)CC4(C)C)c2=O)CC1. The molecule has 1 aliphatic carbocycles. The number of hydrogen-bond acceptors (Lipinski definition) is 4. The average molecular weight is 440 g/mol. The Morgan fingerprint density at radius 2 is 1.91 bits per heavy atom. The first-order chi connectivity index (χ1) is 15.3. The molecule has 0 radical (unpaired) electrons. The van der Waals surface area contributed by atoms with Gasteiger partial charge in [-0.3, -0.25) is 13.9 Å². The third-order valence-corrected chi connectivity index (χ3v) is 7.52. The van der Waals surface area contributed by atoms with E-state index in [1.54, 1.807) is 4.57 Å². The van der Waals surface area contributed by atoms with Crippen molar-refractivity contribution < 1.29 is 9.53 Å². The van der Waals surface area contributed by atoms with Crippen LogP contribution in [-0.4, -0.2) is 47.3 Å². The van der Waals surface area contributed by atoms with Crippen LogP contribution < -0.4 is 5.69 Å². The zero-order chi connectivity index (χ0) is 22.9.